The van der Waals surface area contributed by atoms with Crippen LogP contribution in [-0.2, 0) is 17.9 Å². The summed E-state index contributed by atoms with van der Waals surface area (Å²) in [7, 11) is 0. The van der Waals surface area contributed by atoms with Gasteiger partial charge < -0.3 is 10.6 Å². The number of aromatic nitrogens is 3. The Morgan fingerprint density at radius 3 is 3.00 bits per heavy atom. The van der Waals surface area contributed by atoms with Crippen LogP contribution in [0.25, 0.3) is 0 Å². The molecule has 1 saturated carbocycles. The molecule has 1 aliphatic carbocycles. The van der Waals surface area contributed by atoms with E-state index in [0.717, 1.165) is 18.5 Å². The lowest BCUT2D eigenvalue weighted by atomic mass is 10.3. The zero-order valence-electron chi connectivity index (χ0n) is 11.0. The zero-order valence-corrected chi connectivity index (χ0v) is 11.0. The van der Waals surface area contributed by atoms with Crippen molar-refractivity contribution in [3.63, 3.8) is 0 Å². The highest BCUT2D eigenvalue weighted by atomic mass is 16.1. The van der Waals surface area contributed by atoms with Gasteiger partial charge >= 0.3 is 0 Å². The second kappa shape index (κ2) is 5.95. The first-order valence-electron chi connectivity index (χ1n) is 6.55. The first kappa shape index (κ1) is 13.0. The molecule has 2 rings (SSSR count). The molecule has 0 spiro atoms. The molecule has 1 aromatic rings. The Labute approximate surface area is 107 Å². The van der Waals surface area contributed by atoms with E-state index in [0.29, 0.717) is 31.6 Å². The average molecular weight is 251 g/mol. The van der Waals surface area contributed by atoms with Crippen molar-refractivity contribution in [2.24, 2.45) is 0 Å². The quantitative estimate of drug-likeness (QED) is 0.738. The molecule has 1 heterocycles. The summed E-state index contributed by atoms with van der Waals surface area (Å²) in [6.07, 6.45) is 4.61. The van der Waals surface area contributed by atoms with Crippen LogP contribution in [0.3, 0.4) is 0 Å². The van der Waals surface area contributed by atoms with Crippen LogP contribution in [0.5, 0.6) is 0 Å². The Balaban J connectivity index is 1.70. The highest BCUT2D eigenvalue weighted by Gasteiger charge is 2.22. The van der Waals surface area contributed by atoms with E-state index in [1.807, 2.05) is 6.20 Å². The SMILES string of the molecule is CC(C)NCc1cn(CCC(=O)NC2CC2)nn1. The van der Waals surface area contributed by atoms with E-state index in [2.05, 4.69) is 34.8 Å². The van der Waals surface area contributed by atoms with E-state index in [-0.39, 0.29) is 5.91 Å². The average Bonchev–Trinajstić information content (AvgIpc) is 3.01. The minimum absolute atomic E-state index is 0.106. The largest absolute Gasteiger partial charge is 0.353 e. The summed E-state index contributed by atoms with van der Waals surface area (Å²) in [4.78, 5) is 11.5. The van der Waals surface area contributed by atoms with Crippen LogP contribution in [-0.4, -0.2) is 33.0 Å². The van der Waals surface area contributed by atoms with Gasteiger partial charge in [-0.3, -0.25) is 9.48 Å². The summed E-state index contributed by atoms with van der Waals surface area (Å²) >= 11 is 0. The number of hydrogen-bond acceptors (Lipinski definition) is 4. The van der Waals surface area contributed by atoms with Crippen LogP contribution >= 0.6 is 0 Å². The summed E-state index contributed by atoms with van der Waals surface area (Å²) in [6, 6.07) is 0.860. The van der Waals surface area contributed by atoms with Crippen molar-refractivity contribution in [1.29, 1.82) is 0 Å². The van der Waals surface area contributed by atoms with E-state index in [1.165, 1.54) is 0 Å². The standard InChI is InChI=1S/C12H21N5O/c1-9(2)13-7-11-8-17(16-15-11)6-5-12(18)14-10-3-4-10/h8-10,13H,3-7H2,1-2H3,(H,14,18). The predicted molar refractivity (Wildman–Crippen MR) is 67.8 cm³/mol. The fourth-order valence-electron chi connectivity index (χ4n) is 1.58. The van der Waals surface area contributed by atoms with E-state index in [1.54, 1.807) is 4.68 Å². The summed E-state index contributed by atoms with van der Waals surface area (Å²) in [6.45, 7) is 5.48. The third-order valence-electron chi connectivity index (χ3n) is 2.79. The molecule has 1 aromatic heterocycles. The molecular formula is C12H21N5O. The fraction of sp³-hybridized carbons (Fsp3) is 0.750. The highest BCUT2D eigenvalue weighted by Crippen LogP contribution is 2.18. The van der Waals surface area contributed by atoms with Gasteiger partial charge in [-0.05, 0) is 12.8 Å². The second-order valence-corrected chi connectivity index (χ2v) is 5.10. The molecule has 1 amide bonds. The van der Waals surface area contributed by atoms with Crippen molar-refractivity contribution in [2.75, 3.05) is 0 Å². The maximum Gasteiger partial charge on any atom is 0.222 e. The maximum absolute atomic E-state index is 11.5. The Morgan fingerprint density at radius 2 is 2.33 bits per heavy atom. The number of carbonyl (C=O) groups excluding carboxylic acids is 1. The zero-order chi connectivity index (χ0) is 13.0. The van der Waals surface area contributed by atoms with Crippen LogP contribution in [0.2, 0.25) is 0 Å². The van der Waals surface area contributed by atoms with Gasteiger partial charge in [0.2, 0.25) is 5.91 Å². The number of hydrogen-bond donors (Lipinski definition) is 2. The highest BCUT2D eigenvalue weighted by molar-refractivity contribution is 5.76. The lowest BCUT2D eigenvalue weighted by molar-refractivity contribution is -0.121. The Morgan fingerprint density at radius 1 is 1.56 bits per heavy atom. The maximum atomic E-state index is 11.5. The predicted octanol–water partition coefficient (Wildman–Crippen LogP) is 0.445. The van der Waals surface area contributed by atoms with Crippen LogP contribution in [0.1, 0.15) is 38.8 Å². The van der Waals surface area contributed by atoms with E-state index in [9.17, 15) is 4.79 Å². The molecule has 18 heavy (non-hydrogen) atoms. The van der Waals surface area contributed by atoms with Gasteiger partial charge in [0.25, 0.3) is 0 Å². The summed E-state index contributed by atoms with van der Waals surface area (Å²) < 4.78 is 1.73. The van der Waals surface area contributed by atoms with Crippen molar-refractivity contribution < 1.29 is 4.79 Å². The van der Waals surface area contributed by atoms with Gasteiger partial charge in [-0.25, -0.2) is 0 Å². The molecule has 0 radical (unpaired) electrons. The van der Waals surface area contributed by atoms with Gasteiger partial charge in [0, 0.05) is 31.2 Å². The second-order valence-electron chi connectivity index (χ2n) is 5.10. The molecule has 0 aliphatic heterocycles. The molecular weight excluding hydrogens is 230 g/mol. The monoisotopic (exact) mass is 251 g/mol. The van der Waals surface area contributed by atoms with Crippen LogP contribution in [0.4, 0.5) is 0 Å². The van der Waals surface area contributed by atoms with Gasteiger partial charge in [-0.15, -0.1) is 5.10 Å². The summed E-state index contributed by atoms with van der Waals surface area (Å²) in [5, 5.41) is 14.3. The molecule has 1 fully saturated rings. The minimum atomic E-state index is 0.106. The van der Waals surface area contributed by atoms with Crippen LogP contribution < -0.4 is 10.6 Å². The number of nitrogens with zero attached hydrogens (tertiary/aromatic N) is 3. The topological polar surface area (TPSA) is 71.8 Å². The van der Waals surface area contributed by atoms with Crippen molar-refractivity contribution >= 4 is 5.91 Å². The smallest absolute Gasteiger partial charge is 0.222 e. The van der Waals surface area contributed by atoms with E-state index < -0.39 is 0 Å². The normalized spacial score (nSPS) is 15.1. The van der Waals surface area contributed by atoms with Crippen LogP contribution in [0.15, 0.2) is 6.20 Å². The Hall–Kier alpha value is -1.43. The lowest BCUT2D eigenvalue weighted by Crippen LogP contribution is -2.26. The minimum Gasteiger partial charge on any atom is -0.353 e. The van der Waals surface area contributed by atoms with Gasteiger partial charge in [-0.1, -0.05) is 19.1 Å². The van der Waals surface area contributed by atoms with Gasteiger partial charge in [0.15, 0.2) is 0 Å². The first-order chi connectivity index (χ1) is 8.63. The Kier molecular flexibility index (Phi) is 4.30. The number of rotatable bonds is 7. The van der Waals surface area contributed by atoms with Crippen molar-refractivity contribution in [3.8, 4) is 0 Å². The molecule has 6 nitrogen and oxygen atoms in total. The number of carbonyl (C=O) groups is 1. The van der Waals surface area contributed by atoms with Gasteiger partial charge in [-0.2, -0.15) is 0 Å². The third kappa shape index (κ3) is 4.44. The van der Waals surface area contributed by atoms with Crippen molar-refractivity contribution in [2.45, 2.75) is 58.3 Å². The molecule has 100 valence electrons. The first-order valence-corrected chi connectivity index (χ1v) is 6.55. The third-order valence-corrected chi connectivity index (χ3v) is 2.79. The lowest BCUT2D eigenvalue weighted by Gasteiger charge is -2.04. The molecule has 0 atom stereocenters. The van der Waals surface area contributed by atoms with Crippen molar-refractivity contribution in [1.82, 2.24) is 25.6 Å². The molecule has 1 aliphatic rings. The number of aryl methyl sites for hydroxylation is 1. The summed E-state index contributed by atoms with van der Waals surface area (Å²) in [5.74, 6) is 0.106. The van der Waals surface area contributed by atoms with Crippen LogP contribution in [0, 0.1) is 0 Å². The van der Waals surface area contributed by atoms with Crippen molar-refractivity contribution in [3.05, 3.63) is 11.9 Å². The molecule has 0 unspecified atom stereocenters. The number of nitrogens with one attached hydrogen (secondary N) is 2. The fourth-order valence-corrected chi connectivity index (χ4v) is 1.58. The molecule has 0 aromatic carbocycles. The molecule has 6 heteroatoms. The van der Waals surface area contributed by atoms with E-state index in [4.69, 9.17) is 0 Å². The Bertz CT molecular complexity index is 397. The van der Waals surface area contributed by atoms with Gasteiger partial charge in [0.1, 0.15) is 0 Å². The molecule has 0 bridgehead atoms. The van der Waals surface area contributed by atoms with E-state index >= 15 is 0 Å². The van der Waals surface area contributed by atoms with Gasteiger partial charge in [0.05, 0.1) is 12.2 Å². The molecule has 0 saturated heterocycles. The summed E-state index contributed by atoms with van der Waals surface area (Å²) in [5.41, 5.74) is 0.909. The number of amides is 1. The molecule has 2 N–H and O–H groups in total.